The SMILES string of the molecule is CCOc1cc(C#N)ccc1OCC(=O)N(Cc1ccco1)CC(F)(F)F. The molecule has 144 valence electrons. The van der Waals surface area contributed by atoms with E-state index in [1.165, 1.54) is 36.6 Å². The van der Waals surface area contributed by atoms with Gasteiger partial charge in [0, 0.05) is 6.07 Å². The average molecular weight is 382 g/mol. The molecule has 6 nitrogen and oxygen atoms in total. The summed E-state index contributed by atoms with van der Waals surface area (Å²) in [6.45, 7) is -0.370. The Balaban J connectivity index is 2.09. The van der Waals surface area contributed by atoms with Gasteiger partial charge in [-0.15, -0.1) is 0 Å². The first-order valence-electron chi connectivity index (χ1n) is 7.99. The number of amides is 1. The summed E-state index contributed by atoms with van der Waals surface area (Å²) in [5, 5.41) is 8.92. The van der Waals surface area contributed by atoms with Crippen molar-refractivity contribution in [3.63, 3.8) is 0 Å². The normalized spacial score (nSPS) is 10.9. The molecule has 1 heterocycles. The minimum absolute atomic E-state index is 0.161. The molecule has 0 atom stereocenters. The van der Waals surface area contributed by atoms with E-state index in [0.29, 0.717) is 10.5 Å². The third kappa shape index (κ3) is 6.26. The van der Waals surface area contributed by atoms with Gasteiger partial charge in [0.05, 0.1) is 31.0 Å². The van der Waals surface area contributed by atoms with Crippen LogP contribution in [0.3, 0.4) is 0 Å². The van der Waals surface area contributed by atoms with E-state index in [-0.39, 0.29) is 30.4 Å². The van der Waals surface area contributed by atoms with Gasteiger partial charge in [0.2, 0.25) is 0 Å². The largest absolute Gasteiger partial charge is 0.490 e. The molecule has 1 aromatic heterocycles. The lowest BCUT2D eigenvalue weighted by atomic mass is 10.2. The molecule has 1 aromatic carbocycles. The molecule has 0 aliphatic rings. The van der Waals surface area contributed by atoms with E-state index >= 15 is 0 Å². The summed E-state index contributed by atoms with van der Waals surface area (Å²) in [6, 6.07) is 9.25. The van der Waals surface area contributed by atoms with Gasteiger partial charge in [0.1, 0.15) is 12.3 Å². The Labute approximate surface area is 153 Å². The van der Waals surface area contributed by atoms with Crippen LogP contribution in [0.4, 0.5) is 13.2 Å². The minimum atomic E-state index is -4.56. The molecule has 0 unspecified atom stereocenters. The molecule has 0 radical (unpaired) electrons. The monoisotopic (exact) mass is 382 g/mol. The maximum absolute atomic E-state index is 12.8. The molecule has 9 heteroatoms. The van der Waals surface area contributed by atoms with E-state index in [1.54, 1.807) is 6.92 Å². The molecule has 0 saturated carbocycles. The van der Waals surface area contributed by atoms with Gasteiger partial charge in [0.25, 0.3) is 5.91 Å². The predicted molar refractivity (Wildman–Crippen MR) is 88.0 cm³/mol. The Kier molecular flexibility index (Phi) is 6.71. The maximum Gasteiger partial charge on any atom is 0.406 e. The lowest BCUT2D eigenvalue weighted by molar-refractivity contribution is -0.164. The number of nitriles is 1. The minimum Gasteiger partial charge on any atom is -0.490 e. The molecule has 0 bridgehead atoms. The van der Waals surface area contributed by atoms with Crippen LogP contribution in [-0.2, 0) is 11.3 Å². The van der Waals surface area contributed by atoms with Crippen molar-refractivity contribution >= 4 is 5.91 Å². The fraction of sp³-hybridized carbons (Fsp3) is 0.333. The first-order chi connectivity index (χ1) is 12.8. The number of alkyl halides is 3. The van der Waals surface area contributed by atoms with Gasteiger partial charge in [-0.3, -0.25) is 4.79 Å². The molecule has 27 heavy (non-hydrogen) atoms. The number of furan rings is 1. The quantitative estimate of drug-likeness (QED) is 0.698. The van der Waals surface area contributed by atoms with Crippen LogP contribution in [0.5, 0.6) is 11.5 Å². The predicted octanol–water partition coefficient (Wildman–Crippen LogP) is 3.52. The molecule has 0 aliphatic carbocycles. The summed E-state index contributed by atoms with van der Waals surface area (Å²) in [4.78, 5) is 12.9. The number of hydrogen-bond acceptors (Lipinski definition) is 5. The molecule has 0 N–H and O–H groups in total. The van der Waals surface area contributed by atoms with Gasteiger partial charge < -0.3 is 18.8 Å². The number of ether oxygens (including phenoxy) is 2. The highest BCUT2D eigenvalue weighted by molar-refractivity contribution is 5.78. The maximum atomic E-state index is 12.8. The van der Waals surface area contributed by atoms with Crippen LogP contribution in [0.2, 0.25) is 0 Å². The highest BCUT2D eigenvalue weighted by atomic mass is 19.4. The van der Waals surface area contributed by atoms with E-state index in [0.717, 1.165) is 0 Å². The Morgan fingerprint density at radius 2 is 2.04 bits per heavy atom. The third-order valence-electron chi connectivity index (χ3n) is 3.37. The van der Waals surface area contributed by atoms with E-state index in [2.05, 4.69) is 0 Å². The van der Waals surface area contributed by atoms with E-state index in [1.807, 2.05) is 6.07 Å². The van der Waals surface area contributed by atoms with Gasteiger partial charge in [0.15, 0.2) is 18.1 Å². The second-order valence-electron chi connectivity index (χ2n) is 5.44. The second kappa shape index (κ2) is 8.98. The fourth-order valence-corrected chi connectivity index (χ4v) is 2.24. The van der Waals surface area contributed by atoms with Crippen LogP contribution < -0.4 is 9.47 Å². The number of hydrogen-bond donors (Lipinski definition) is 0. The van der Waals surface area contributed by atoms with Crippen molar-refractivity contribution < 1.29 is 31.9 Å². The summed E-state index contributed by atoms with van der Waals surface area (Å²) >= 11 is 0. The zero-order valence-corrected chi connectivity index (χ0v) is 14.5. The topological polar surface area (TPSA) is 75.7 Å². The van der Waals surface area contributed by atoms with Crippen molar-refractivity contribution in [3.8, 4) is 17.6 Å². The molecule has 0 spiro atoms. The number of carbonyl (C=O) groups excluding carboxylic acids is 1. The first kappa shape index (κ1) is 20.2. The number of nitrogens with zero attached hydrogens (tertiary/aromatic N) is 2. The van der Waals surface area contributed by atoms with Crippen molar-refractivity contribution in [1.82, 2.24) is 4.90 Å². The third-order valence-corrected chi connectivity index (χ3v) is 3.37. The smallest absolute Gasteiger partial charge is 0.406 e. The fourth-order valence-electron chi connectivity index (χ4n) is 2.24. The number of benzene rings is 1. The number of halogens is 3. The van der Waals surface area contributed by atoms with Crippen LogP contribution in [0, 0.1) is 11.3 Å². The number of carbonyl (C=O) groups is 1. The van der Waals surface area contributed by atoms with Crippen molar-refractivity contribution in [1.29, 1.82) is 5.26 Å². The summed E-state index contributed by atoms with van der Waals surface area (Å²) in [5.74, 6) is -0.247. The molecular formula is C18H17F3N2O4. The lowest BCUT2D eigenvalue weighted by Crippen LogP contribution is -2.40. The standard InChI is InChI=1S/C18H17F3N2O4/c1-2-25-16-8-13(9-22)5-6-15(16)27-11-17(24)23(12-18(19,20)21)10-14-4-3-7-26-14/h3-8H,2,10-12H2,1H3. The molecular weight excluding hydrogens is 365 g/mol. The Morgan fingerprint density at radius 1 is 1.26 bits per heavy atom. The average Bonchev–Trinajstić information content (AvgIpc) is 3.12. The van der Waals surface area contributed by atoms with Crippen molar-refractivity contribution in [2.75, 3.05) is 19.8 Å². The zero-order valence-electron chi connectivity index (χ0n) is 14.5. The second-order valence-corrected chi connectivity index (χ2v) is 5.44. The molecule has 2 rings (SSSR count). The molecule has 1 amide bonds. The van der Waals surface area contributed by atoms with Crippen LogP contribution in [-0.4, -0.2) is 36.7 Å². The highest BCUT2D eigenvalue weighted by Crippen LogP contribution is 2.28. The van der Waals surface area contributed by atoms with E-state index in [9.17, 15) is 18.0 Å². The summed E-state index contributed by atoms with van der Waals surface area (Å²) < 4.78 is 54.1. The molecule has 0 aliphatic heterocycles. The summed E-state index contributed by atoms with van der Waals surface area (Å²) in [5.41, 5.74) is 0.327. The summed E-state index contributed by atoms with van der Waals surface area (Å²) in [7, 11) is 0. The summed E-state index contributed by atoms with van der Waals surface area (Å²) in [6.07, 6.45) is -3.25. The van der Waals surface area contributed by atoms with Gasteiger partial charge in [-0.25, -0.2) is 0 Å². The molecule has 0 fully saturated rings. The van der Waals surface area contributed by atoms with Gasteiger partial charge in [-0.1, -0.05) is 0 Å². The Bertz CT molecular complexity index is 798. The van der Waals surface area contributed by atoms with Crippen LogP contribution in [0.1, 0.15) is 18.2 Å². The van der Waals surface area contributed by atoms with Crippen LogP contribution >= 0.6 is 0 Å². The molecule has 2 aromatic rings. The van der Waals surface area contributed by atoms with Crippen molar-refractivity contribution in [2.45, 2.75) is 19.6 Å². The Morgan fingerprint density at radius 3 is 2.63 bits per heavy atom. The van der Waals surface area contributed by atoms with Gasteiger partial charge in [-0.2, -0.15) is 18.4 Å². The zero-order chi connectivity index (χ0) is 19.9. The van der Waals surface area contributed by atoms with Crippen LogP contribution in [0.25, 0.3) is 0 Å². The Hall–Kier alpha value is -3.15. The van der Waals surface area contributed by atoms with E-state index < -0.39 is 25.2 Å². The van der Waals surface area contributed by atoms with Gasteiger partial charge in [-0.05, 0) is 31.2 Å². The molecule has 0 saturated heterocycles. The first-order valence-corrected chi connectivity index (χ1v) is 7.99. The van der Waals surface area contributed by atoms with Gasteiger partial charge >= 0.3 is 6.18 Å². The van der Waals surface area contributed by atoms with Crippen molar-refractivity contribution in [2.24, 2.45) is 0 Å². The van der Waals surface area contributed by atoms with Crippen LogP contribution in [0.15, 0.2) is 41.0 Å². The van der Waals surface area contributed by atoms with E-state index in [4.69, 9.17) is 19.2 Å². The van der Waals surface area contributed by atoms with Crippen molar-refractivity contribution in [3.05, 3.63) is 47.9 Å². The lowest BCUT2D eigenvalue weighted by Gasteiger charge is -2.23. The number of rotatable bonds is 8. The highest BCUT2D eigenvalue weighted by Gasteiger charge is 2.33.